The fourth-order valence-electron chi connectivity index (χ4n) is 2.10. The van der Waals surface area contributed by atoms with E-state index in [9.17, 15) is 0 Å². The van der Waals surface area contributed by atoms with Gasteiger partial charge in [-0.05, 0) is 30.2 Å². The van der Waals surface area contributed by atoms with Gasteiger partial charge in [-0.3, -0.25) is 0 Å². The Morgan fingerprint density at radius 3 is 2.33 bits per heavy atom. The van der Waals surface area contributed by atoms with E-state index >= 15 is 0 Å². The van der Waals surface area contributed by atoms with E-state index in [0.717, 1.165) is 0 Å². The van der Waals surface area contributed by atoms with Crippen LogP contribution in [0.2, 0.25) is 0 Å². The molecular formula is C12H16. The van der Waals surface area contributed by atoms with Crippen molar-refractivity contribution in [3.63, 3.8) is 0 Å². The van der Waals surface area contributed by atoms with Crippen molar-refractivity contribution in [2.45, 2.75) is 38.0 Å². The summed E-state index contributed by atoms with van der Waals surface area (Å²) in [6, 6.07) is 11.0. The van der Waals surface area contributed by atoms with Gasteiger partial charge < -0.3 is 0 Å². The normalized spacial score (nSPS) is 19.1. The quantitative estimate of drug-likeness (QED) is 0.634. The summed E-state index contributed by atoms with van der Waals surface area (Å²) in [5.41, 5.74) is 2.16. The lowest BCUT2D eigenvalue weighted by atomic mass is 9.91. The Morgan fingerprint density at radius 1 is 1.17 bits per heavy atom. The number of hydrogen-bond donors (Lipinski definition) is 0. The molecule has 0 aliphatic heterocycles. The first kappa shape index (κ1) is 7.85. The van der Waals surface area contributed by atoms with Crippen LogP contribution in [0.15, 0.2) is 30.3 Å². The van der Waals surface area contributed by atoms with Crippen molar-refractivity contribution in [2.75, 3.05) is 0 Å². The summed E-state index contributed by atoms with van der Waals surface area (Å²) in [6.07, 6.45) is 5.50. The second-order valence-corrected chi connectivity index (χ2v) is 3.90. The van der Waals surface area contributed by atoms with Gasteiger partial charge in [-0.25, -0.2) is 0 Å². The smallest absolute Gasteiger partial charge is 0.00464 e. The van der Waals surface area contributed by atoms with E-state index in [0.29, 0.717) is 5.41 Å². The van der Waals surface area contributed by atoms with Crippen molar-refractivity contribution in [3.05, 3.63) is 35.9 Å². The Bertz CT molecular complexity index is 244. The minimum atomic E-state index is 0.593. The van der Waals surface area contributed by atoms with Gasteiger partial charge in [0.05, 0.1) is 0 Å². The first-order valence-electron chi connectivity index (χ1n) is 4.93. The van der Waals surface area contributed by atoms with Gasteiger partial charge in [0.25, 0.3) is 0 Å². The van der Waals surface area contributed by atoms with Crippen LogP contribution in [0.4, 0.5) is 0 Å². The Kier molecular flexibility index (Phi) is 1.92. The topological polar surface area (TPSA) is 0 Å². The molecule has 1 aliphatic carbocycles. The first-order valence-corrected chi connectivity index (χ1v) is 4.93. The second-order valence-electron chi connectivity index (χ2n) is 3.90. The van der Waals surface area contributed by atoms with Crippen molar-refractivity contribution >= 4 is 0 Å². The van der Waals surface area contributed by atoms with Crippen molar-refractivity contribution < 1.29 is 0 Å². The van der Waals surface area contributed by atoms with Gasteiger partial charge >= 0.3 is 0 Å². The summed E-state index contributed by atoms with van der Waals surface area (Å²) < 4.78 is 0. The fourth-order valence-corrected chi connectivity index (χ4v) is 2.10. The zero-order valence-corrected chi connectivity index (χ0v) is 7.72. The molecule has 1 saturated carbocycles. The van der Waals surface area contributed by atoms with Crippen molar-refractivity contribution in [3.8, 4) is 0 Å². The van der Waals surface area contributed by atoms with Crippen molar-refractivity contribution in [1.82, 2.24) is 0 Å². The SMILES string of the molecule is CCCC1(c2ccccc2)CC1. The van der Waals surface area contributed by atoms with Crippen LogP contribution < -0.4 is 0 Å². The third-order valence-electron chi connectivity index (χ3n) is 2.97. The molecule has 12 heavy (non-hydrogen) atoms. The molecule has 0 nitrogen and oxygen atoms in total. The average Bonchev–Trinajstić information content (AvgIpc) is 2.88. The van der Waals surface area contributed by atoms with Gasteiger partial charge in [-0.1, -0.05) is 43.7 Å². The van der Waals surface area contributed by atoms with Crippen LogP contribution >= 0.6 is 0 Å². The molecule has 0 aromatic heterocycles. The van der Waals surface area contributed by atoms with Crippen LogP contribution in [0.3, 0.4) is 0 Å². The molecule has 64 valence electrons. The highest BCUT2D eigenvalue weighted by atomic mass is 14.5. The molecule has 2 rings (SSSR count). The highest BCUT2D eigenvalue weighted by Gasteiger charge is 2.42. The largest absolute Gasteiger partial charge is 0.0654 e. The summed E-state index contributed by atoms with van der Waals surface area (Å²) in [7, 11) is 0. The number of rotatable bonds is 3. The Morgan fingerprint density at radius 2 is 1.83 bits per heavy atom. The predicted octanol–water partition coefficient (Wildman–Crippen LogP) is 3.52. The molecule has 1 aromatic rings. The molecule has 1 fully saturated rings. The van der Waals surface area contributed by atoms with Crippen LogP contribution in [0.5, 0.6) is 0 Å². The minimum Gasteiger partial charge on any atom is -0.0654 e. The summed E-state index contributed by atoms with van der Waals surface area (Å²) in [4.78, 5) is 0. The fraction of sp³-hybridized carbons (Fsp3) is 0.500. The molecular weight excluding hydrogens is 144 g/mol. The molecule has 0 atom stereocenters. The summed E-state index contributed by atoms with van der Waals surface area (Å²) in [5, 5.41) is 0. The van der Waals surface area contributed by atoms with Crippen LogP contribution in [-0.4, -0.2) is 0 Å². The maximum atomic E-state index is 2.28. The highest BCUT2D eigenvalue weighted by molar-refractivity contribution is 5.30. The third kappa shape index (κ3) is 1.26. The summed E-state index contributed by atoms with van der Waals surface area (Å²) in [6.45, 7) is 2.28. The average molecular weight is 160 g/mol. The summed E-state index contributed by atoms with van der Waals surface area (Å²) in [5.74, 6) is 0. The monoisotopic (exact) mass is 160 g/mol. The first-order chi connectivity index (χ1) is 5.87. The standard InChI is InChI=1S/C12H16/c1-2-8-12(9-10-12)11-6-4-3-5-7-11/h3-7H,2,8-10H2,1H3. The van der Waals surface area contributed by atoms with Gasteiger partial charge in [0.1, 0.15) is 0 Å². The Labute approximate surface area is 74.6 Å². The Hall–Kier alpha value is -0.780. The summed E-state index contributed by atoms with van der Waals surface area (Å²) >= 11 is 0. The van der Waals surface area contributed by atoms with Crippen LogP contribution in [0.25, 0.3) is 0 Å². The lowest BCUT2D eigenvalue weighted by Gasteiger charge is -2.13. The van der Waals surface area contributed by atoms with E-state index in [1.807, 2.05) is 0 Å². The van der Waals surface area contributed by atoms with Gasteiger partial charge in [0.15, 0.2) is 0 Å². The lowest BCUT2D eigenvalue weighted by molar-refractivity contribution is 0.607. The van der Waals surface area contributed by atoms with Crippen molar-refractivity contribution in [1.29, 1.82) is 0 Å². The molecule has 0 heteroatoms. The van der Waals surface area contributed by atoms with Gasteiger partial charge in [0, 0.05) is 0 Å². The van der Waals surface area contributed by atoms with E-state index in [4.69, 9.17) is 0 Å². The molecule has 0 heterocycles. The molecule has 1 aromatic carbocycles. The lowest BCUT2D eigenvalue weighted by Crippen LogP contribution is -2.04. The van der Waals surface area contributed by atoms with Gasteiger partial charge in [0.2, 0.25) is 0 Å². The van der Waals surface area contributed by atoms with E-state index < -0.39 is 0 Å². The third-order valence-corrected chi connectivity index (χ3v) is 2.97. The molecule has 0 radical (unpaired) electrons. The van der Waals surface area contributed by atoms with Gasteiger partial charge in [-0.15, -0.1) is 0 Å². The minimum absolute atomic E-state index is 0.593. The molecule has 1 aliphatic rings. The van der Waals surface area contributed by atoms with Gasteiger partial charge in [-0.2, -0.15) is 0 Å². The molecule has 0 unspecified atom stereocenters. The molecule has 0 N–H and O–H groups in total. The van der Waals surface area contributed by atoms with Crippen molar-refractivity contribution in [2.24, 2.45) is 0 Å². The van der Waals surface area contributed by atoms with E-state index in [-0.39, 0.29) is 0 Å². The zero-order valence-electron chi connectivity index (χ0n) is 7.72. The number of benzene rings is 1. The molecule has 0 spiro atoms. The van der Waals surface area contributed by atoms with E-state index in [2.05, 4.69) is 37.3 Å². The predicted molar refractivity (Wildman–Crippen MR) is 52.3 cm³/mol. The van der Waals surface area contributed by atoms with E-state index in [1.54, 1.807) is 5.56 Å². The molecule has 0 bridgehead atoms. The molecule has 0 saturated heterocycles. The number of hydrogen-bond acceptors (Lipinski definition) is 0. The van der Waals surface area contributed by atoms with Crippen LogP contribution in [0, 0.1) is 0 Å². The van der Waals surface area contributed by atoms with E-state index in [1.165, 1.54) is 25.7 Å². The van der Waals surface area contributed by atoms with Crippen LogP contribution in [0.1, 0.15) is 38.2 Å². The second kappa shape index (κ2) is 2.93. The maximum Gasteiger partial charge on any atom is -0.00464 e. The Balaban J connectivity index is 2.19. The zero-order chi connectivity index (χ0) is 8.44. The highest BCUT2D eigenvalue weighted by Crippen LogP contribution is 2.51. The maximum absolute atomic E-state index is 2.28. The molecule has 0 amide bonds. The van der Waals surface area contributed by atoms with Crippen LogP contribution in [-0.2, 0) is 5.41 Å².